The minimum atomic E-state index is -0.524. The molecule has 1 aliphatic heterocycles. The van der Waals surface area contributed by atoms with E-state index in [2.05, 4.69) is 11.9 Å². The fourth-order valence-electron chi connectivity index (χ4n) is 1.76. The van der Waals surface area contributed by atoms with Gasteiger partial charge in [-0.05, 0) is 38.5 Å². The van der Waals surface area contributed by atoms with Gasteiger partial charge in [-0.15, -0.1) is 0 Å². The van der Waals surface area contributed by atoms with Gasteiger partial charge < -0.3 is 24.3 Å². The highest BCUT2D eigenvalue weighted by Gasteiger charge is 2.19. The summed E-state index contributed by atoms with van der Waals surface area (Å²) in [7, 11) is 0. The normalized spacial score (nSPS) is 12.7. The number of carbonyl (C=O) groups is 1. The van der Waals surface area contributed by atoms with Gasteiger partial charge in [0.05, 0.1) is 0 Å². The number of ether oxygens (including phenoxy) is 4. The molecule has 0 saturated carbocycles. The first-order valence-corrected chi connectivity index (χ1v) is 7.00. The number of hydrogen-bond acceptors (Lipinski definition) is 5. The first-order chi connectivity index (χ1) is 10.3. The van der Waals surface area contributed by atoms with Gasteiger partial charge >= 0.3 is 6.09 Å². The molecule has 0 radical (unpaired) electrons. The monoisotopic (exact) mass is 307 g/mol. The second-order valence-corrected chi connectivity index (χ2v) is 5.88. The van der Waals surface area contributed by atoms with Crippen LogP contribution in [0.2, 0.25) is 0 Å². The highest BCUT2D eigenvalue weighted by molar-refractivity contribution is 5.68. The fraction of sp³-hybridized carbons (Fsp3) is 0.438. The van der Waals surface area contributed by atoms with Crippen molar-refractivity contribution in [3.05, 3.63) is 30.4 Å². The maximum absolute atomic E-state index is 11.5. The predicted octanol–water partition coefficient (Wildman–Crippen LogP) is 2.88. The Balaban J connectivity index is 1.77. The highest BCUT2D eigenvalue weighted by atomic mass is 16.7. The van der Waals surface area contributed by atoms with Crippen LogP contribution in [0, 0.1) is 0 Å². The molecule has 0 atom stereocenters. The number of carbonyl (C=O) groups excluding carboxylic acids is 1. The van der Waals surface area contributed by atoms with Gasteiger partial charge in [-0.1, -0.05) is 12.6 Å². The molecule has 6 nitrogen and oxygen atoms in total. The summed E-state index contributed by atoms with van der Waals surface area (Å²) in [6, 6.07) is 5.43. The number of alkyl carbamates (subject to hydrolysis) is 1. The molecule has 0 saturated heterocycles. The van der Waals surface area contributed by atoms with E-state index in [0.717, 1.165) is 0 Å². The molecular formula is C16H21NO5. The third kappa shape index (κ3) is 4.58. The van der Waals surface area contributed by atoms with E-state index in [1.807, 2.05) is 32.9 Å². The van der Waals surface area contributed by atoms with Crippen molar-refractivity contribution in [3.63, 3.8) is 0 Å². The van der Waals surface area contributed by atoms with Gasteiger partial charge in [0, 0.05) is 6.54 Å². The number of amides is 1. The van der Waals surface area contributed by atoms with Crippen molar-refractivity contribution in [1.29, 1.82) is 0 Å². The summed E-state index contributed by atoms with van der Waals surface area (Å²) < 4.78 is 21.4. The van der Waals surface area contributed by atoms with E-state index < -0.39 is 11.7 Å². The van der Waals surface area contributed by atoms with E-state index in [1.54, 1.807) is 6.07 Å². The van der Waals surface area contributed by atoms with Crippen LogP contribution in [-0.2, 0) is 4.74 Å². The van der Waals surface area contributed by atoms with Gasteiger partial charge in [0.1, 0.15) is 12.2 Å². The average Bonchev–Trinajstić information content (AvgIpc) is 2.89. The summed E-state index contributed by atoms with van der Waals surface area (Å²) in [6.45, 7) is 10.0. The van der Waals surface area contributed by atoms with E-state index in [9.17, 15) is 4.79 Å². The highest BCUT2D eigenvalue weighted by Crippen LogP contribution is 2.40. The molecule has 0 fully saturated rings. The van der Waals surface area contributed by atoms with Crippen molar-refractivity contribution < 1.29 is 23.7 Å². The smallest absolute Gasteiger partial charge is 0.407 e. The van der Waals surface area contributed by atoms with Crippen molar-refractivity contribution in [2.45, 2.75) is 26.4 Å². The van der Waals surface area contributed by atoms with Crippen LogP contribution in [0.4, 0.5) is 4.79 Å². The SMILES string of the molecule is C=C(CNC(=O)OC(C)(C)C)COc1cccc2c1OCO2. The molecule has 2 rings (SSSR count). The van der Waals surface area contributed by atoms with Crippen molar-refractivity contribution in [2.75, 3.05) is 19.9 Å². The largest absolute Gasteiger partial charge is 0.485 e. The molecule has 120 valence electrons. The lowest BCUT2D eigenvalue weighted by Crippen LogP contribution is -2.34. The molecular weight excluding hydrogens is 286 g/mol. The molecule has 0 bridgehead atoms. The third-order valence-corrected chi connectivity index (χ3v) is 2.67. The Morgan fingerprint density at radius 2 is 2.14 bits per heavy atom. The van der Waals surface area contributed by atoms with Crippen LogP contribution >= 0.6 is 0 Å². The van der Waals surface area contributed by atoms with E-state index in [4.69, 9.17) is 18.9 Å². The Morgan fingerprint density at radius 1 is 1.36 bits per heavy atom. The molecule has 1 heterocycles. The lowest BCUT2D eigenvalue weighted by Gasteiger charge is -2.20. The summed E-state index contributed by atoms with van der Waals surface area (Å²) in [5, 5.41) is 2.63. The van der Waals surface area contributed by atoms with Gasteiger partial charge in [0.2, 0.25) is 12.5 Å². The van der Waals surface area contributed by atoms with Crippen molar-refractivity contribution >= 4 is 6.09 Å². The molecule has 6 heteroatoms. The van der Waals surface area contributed by atoms with Gasteiger partial charge in [0.25, 0.3) is 0 Å². The van der Waals surface area contributed by atoms with Gasteiger partial charge in [0.15, 0.2) is 11.5 Å². The minimum Gasteiger partial charge on any atom is -0.485 e. The fourth-order valence-corrected chi connectivity index (χ4v) is 1.76. The predicted molar refractivity (Wildman–Crippen MR) is 81.4 cm³/mol. The summed E-state index contributed by atoms with van der Waals surface area (Å²) in [4.78, 5) is 11.5. The second-order valence-electron chi connectivity index (χ2n) is 5.88. The third-order valence-electron chi connectivity index (χ3n) is 2.67. The van der Waals surface area contributed by atoms with Crippen LogP contribution in [0.3, 0.4) is 0 Å². The number of fused-ring (bicyclic) bond motifs is 1. The van der Waals surface area contributed by atoms with Crippen LogP contribution in [0.1, 0.15) is 20.8 Å². The standard InChI is InChI=1S/C16H21NO5/c1-11(8-17-15(18)22-16(2,3)4)9-19-12-6-5-7-13-14(12)21-10-20-13/h5-7H,1,8-10H2,2-4H3,(H,17,18). The zero-order valence-electron chi connectivity index (χ0n) is 13.1. The van der Waals surface area contributed by atoms with Crippen LogP contribution in [0.5, 0.6) is 17.2 Å². The maximum Gasteiger partial charge on any atom is 0.407 e. The van der Waals surface area contributed by atoms with Gasteiger partial charge in [-0.2, -0.15) is 0 Å². The Hall–Kier alpha value is -2.37. The van der Waals surface area contributed by atoms with Crippen LogP contribution in [0.25, 0.3) is 0 Å². The minimum absolute atomic E-state index is 0.191. The van der Waals surface area contributed by atoms with Crippen LogP contribution in [0.15, 0.2) is 30.4 Å². The Kier molecular flexibility index (Phi) is 4.80. The van der Waals surface area contributed by atoms with Gasteiger partial charge in [-0.25, -0.2) is 4.79 Å². The molecule has 1 aromatic rings. The summed E-state index contributed by atoms with van der Waals surface area (Å²) in [5.74, 6) is 1.85. The Bertz CT molecular complexity index is 562. The maximum atomic E-state index is 11.5. The number of hydrogen-bond donors (Lipinski definition) is 1. The number of benzene rings is 1. The lowest BCUT2D eigenvalue weighted by molar-refractivity contribution is 0.0531. The quantitative estimate of drug-likeness (QED) is 0.847. The summed E-state index contributed by atoms with van der Waals surface area (Å²) in [5.41, 5.74) is 0.187. The zero-order chi connectivity index (χ0) is 16.2. The first-order valence-electron chi connectivity index (χ1n) is 7.00. The zero-order valence-corrected chi connectivity index (χ0v) is 13.1. The molecule has 0 aliphatic carbocycles. The second kappa shape index (κ2) is 6.60. The van der Waals surface area contributed by atoms with E-state index in [-0.39, 0.29) is 19.9 Å². The molecule has 0 spiro atoms. The number of rotatable bonds is 5. The summed E-state index contributed by atoms with van der Waals surface area (Å²) >= 11 is 0. The van der Waals surface area contributed by atoms with E-state index >= 15 is 0 Å². The van der Waals surface area contributed by atoms with Gasteiger partial charge in [-0.3, -0.25) is 0 Å². The number of nitrogens with one attached hydrogen (secondary N) is 1. The molecule has 1 N–H and O–H groups in total. The number of para-hydroxylation sites is 1. The first kappa shape index (κ1) is 16.0. The van der Waals surface area contributed by atoms with E-state index in [1.165, 1.54) is 0 Å². The molecule has 0 aromatic heterocycles. The molecule has 1 aliphatic rings. The van der Waals surface area contributed by atoms with E-state index in [0.29, 0.717) is 22.8 Å². The molecule has 1 aromatic carbocycles. The molecule has 0 unspecified atom stereocenters. The summed E-state index contributed by atoms with van der Waals surface area (Å²) in [6.07, 6.45) is -0.481. The topological polar surface area (TPSA) is 66.0 Å². The Labute approximate surface area is 130 Å². The van der Waals surface area contributed by atoms with Crippen molar-refractivity contribution in [1.82, 2.24) is 5.32 Å². The Morgan fingerprint density at radius 3 is 2.86 bits per heavy atom. The van der Waals surface area contributed by atoms with Crippen LogP contribution in [-0.4, -0.2) is 31.6 Å². The molecule has 22 heavy (non-hydrogen) atoms. The molecule has 1 amide bonds. The van der Waals surface area contributed by atoms with Crippen molar-refractivity contribution in [2.24, 2.45) is 0 Å². The van der Waals surface area contributed by atoms with Crippen LogP contribution < -0.4 is 19.5 Å². The average molecular weight is 307 g/mol. The van der Waals surface area contributed by atoms with Crippen molar-refractivity contribution in [3.8, 4) is 17.2 Å². The lowest BCUT2D eigenvalue weighted by atomic mass is 10.2.